The van der Waals surface area contributed by atoms with Gasteiger partial charge in [0.05, 0.1) is 0 Å². The van der Waals surface area contributed by atoms with E-state index in [0.717, 1.165) is 31.6 Å². The van der Waals surface area contributed by atoms with Gasteiger partial charge in [0, 0.05) is 18.5 Å². The molecule has 0 spiro atoms. The summed E-state index contributed by atoms with van der Waals surface area (Å²) in [6.45, 7) is 0. The number of hydrogen-bond acceptors (Lipinski definition) is 1. The Bertz CT molecular complexity index is 571. The molecular weight excluding hydrogens is 282 g/mol. The largest absolute Gasteiger partial charge is 0.336 e. The van der Waals surface area contributed by atoms with Crippen molar-refractivity contribution in [3.8, 4) is 0 Å². The first-order chi connectivity index (χ1) is 11.3. The number of benzene rings is 1. The molecule has 2 nitrogen and oxygen atoms in total. The lowest BCUT2D eigenvalue weighted by atomic mass is 9.94. The van der Waals surface area contributed by atoms with E-state index in [1.165, 1.54) is 31.2 Å². The summed E-state index contributed by atoms with van der Waals surface area (Å²) in [6, 6.07) is 11.5. The monoisotopic (exact) mass is 309 g/mol. The van der Waals surface area contributed by atoms with Crippen LogP contribution in [0.15, 0.2) is 42.0 Å². The van der Waals surface area contributed by atoms with E-state index in [0.29, 0.717) is 24.4 Å². The molecule has 3 aliphatic rings. The van der Waals surface area contributed by atoms with Crippen LogP contribution in [0.4, 0.5) is 0 Å². The van der Waals surface area contributed by atoms with E-state index in [9.17, 15) is 4.79 Å². The lowest BCUT2D eigenvalue weighted by molar-refractivity contribution is -0.134. The van der Waals surface area contributed by atoms with Gasteiger partial charge in [-0.15, -0.1) is 0 Å². The van der Waals surface area contributed by atoms with Crippen molar-refractivity contribution in [1.82, 2.24) is 4.90 Å². The number of piperidine rings is 1. The average Bonchev–Trinajstić information content (AvgIpc) is 3.33. The zero-order chi connectivity index (χ0) is 15.6. The topological polar surface area (TPSA) is 20.3 Å². The molecule has 2 heteroatoms. The first-order valence-corrected chi connectivity index (χ1v) is 9.34. The van der Waals surface area contributed by atoms with Gasteiger partial charge in [0.1, 0.15) is 0 Å². The van der Waals surface area contributed by atoms with Crippen LogP contribution in [0, 0.1) is 5.92 Å². The fraction of sp³-hybridized carbons (Fsp3) is 0.571. The van der Waals surface area contributed by atoms with E-state index in [1.807, 2.05) is 6.07 Å². The van der Waals surface area contributed by atoms with Gasteiger partial charge in [-0.3, -0.25) is 4.79 Å². The smallest absolute Gasteiger partial charge is 0.223 e. The molecule has 2 atom stereocenters. The van der Waals surface area contributed by atoms with Crippen molar-refractivity contribution < 1.29 is 4.79 Å². The molecule has 1 aliphatic carbocycles. The highest BCUT2D eigenvalue weighted by atomic mass is 16.2. The van der Waals surface area contributed by atoms with Crippen molar-refractivity contribution in [3.05, 3.63) is 47.5 Å². The van der Waals surface area contributed by atoms with Gasteiger partial charge in [-0.2, -0.15) is 0 Å². The van der Waals surface area contributed by atoms with Gasteiger partial charge in [-0.25, -0.2) is 0 Å². The SMILES string of the molecule is O=C(CCCc1ccccc1)N1C2CCC1CC(=CC1CC1)C2. The maximum atomic E-state index is 12.7. The summed E-state index contributed by atoms with van der Waals surface area (Å²) < 4.78 is 0. The molecule has 1 aromatic rings. The Morgan fingerprint density at radius 3 is 2.39 bits per heavy atom. The van der Waals surface area contributed by atoms with Gasteiger partial charge in [0.15, 0.2) is 0 Å². The molecule has 23 heavy (non-hydrogen) atoms. The lowest BCUT2D eigenvalue weighted by Crippen LogP contribution is -2.44. The molecule has 2 unspecified atom stereocenters. The van der Waals surface area contributed by atoms with E-state index in [2.05, 4.69) is 35.2 Å². The van der Waals surface area contributed by atoms with Gasteiger partial charge < -0.3 is 4.90 Å². The van der Waals surface area contributed by atoms with Gasteiger partial charge >= 0.3 is 0 Å². The molecule has 2 saturated heterocycles. The van der Waals surface area contributed by atoms with Gasteiger partial charge in [0.2, 0.25) is 5.91 Å². The number of carbonyl (C=O) groups is 1. The van der Waals surface area contributed by atoms with Crippen LogP contribution in [-0.4, -0.2) is 22.9 Å². The molecule has 122 valence electrons. The molecule has 4 rings (SSSR count). The average molecular weight is 309 g/mol. The number of carbonyl (C=O) groups excluding carboxylic acids is 1. The molecule has 1 saturated carbocycles. The van der Waals surface area contributed by atoms with Crippen LogP contribution in [0.2, 0.25) is 0 Å². The highest BCUT2D eigenvalue weighted by Gasteiger charge is 2.41. The standard InChI is InChI=1S/C21H27NO/c23-21(8-4-7-16-5-2-1-3-6-16)22-19-11-12-20(22)15-18(14-19)13-17-9-10-17/h1-3,5-6,13,17,19-20H,4,7-12,14-15H2. The molecule has 0 aromatic heterocycles. The highest BCUT2D eigenvalue weighted by molar-refractivity contribution is 5.77. The van der Waals surface area contributed by atoms with Crippen molar-refractivity contribution in [2.45, 2.75) is 69.9 Å². The Labute approximate surface area is 139 Å². The zero-order valence-electron chi connectivity index (χ0n) is 13.9. The molecular formula is C21H27NO. The molecule has 2 bridgehead atoms. The van der Waals surface area contributed by atoms with E-state index in [1.54, 1.807) is 5.57 Å². The Hall–Kier alpha value is -1.57. The molecule has 3 fully saturated rings. The van der Waals surface area contributed by atoms with Gasteiger partial charge in [-0.1, -0.05) is 42.0 Å². The minimum Gasteiger partial charge on any atom is -0.336 e. The quantitative estimate of drug-likeness (QED) is 0.733. The first kappa shape index (κ1) is 15.0. The van der Waals surface area contributed by atoms with E-state index >= 15 is 0 Å². The summed E-state index contributed by atoms with van der Waals surface area (Å²) in [6.07, 6.45) is 12.8. The summed E-state index contributed by atoms with van der Waals surface area (Å²) >= 11 is 0. The molecule has 0 N–H and O–H groups in total. The van der Waals surface area contributed by atoms with Gasteiger partial charge in [-0.05, 0) is 62.8 Å². The molecule has 0 radical (unpaired) electrons. The van der Waals surface area contributed by atoms with Crippen molar-refractivity contribution in [2.24, 2.45) is 5.92 Å². The number of rotatable bonds is 5. The van der Waals surface area contributed by atoms with Crippen LogP contribution in [0.1, 0.15) is 56.9 Å². The number of fused-ring (bicyclic) bond motifs is 2. The Balaban J connectivity index is 1.31. The summed E-state index contributed by atoms with van der Waals surface area (Å²) in [4.78, 5) is 15.0. The third-order valence-electron chi connectivity index (χ3n) is 5.70. The first-order valence-electron chi connectivity index (χ1n) is 9.34. The third kappa shape index (κ3) is 3.52. The summed E-state index contributed by atoms with van der Waals surface area (Å²) in [5, 5.41) is 0. The Morgan fingerprint density at radius 1 is 1.04 bits per heavy atom. The van der Waals surface area contributed by atoms with Crippen LogP contribution in [0.3, 0.4) is 0 Å². The second-order valence-corrected chi connectivity index (χ2v) is 7.60. The number of nitrogens with zero attached hydrogens (tertiary/aromatic N) is 1. The number of allylic oxidation sites excluding steroid dienone is 1. The van der Waals surface area contributed by atoms with Crippen LogP contribution >= 0.6 is 0 Å². The minimum atomic E-state index is 0.402. The zero-order valence-corrected chi connectivity index (χ0v) is 13.9. The third-order valence-corrected chi connectivity index (χ3v) is 5.70. The minimum absolute atomic E-state index is 0.402. The Morgan fingerprint density at radius 2 is 1.74 bits per heavy atom. The van der Waals surface area contributed by atoms with Crippen LogP contribution < -0.4 is 0 Å². The highest BCUT2D eigenvalue weighted by Crippen LogP contribution is 2.41. The van der Waals surface area contributed by atoms with Gasteiger partial charge in [0.25, 0.3) is 0 Å². The second kappa shape index (κ2) is 6.51. The van der Waals surface area contributed by atoms with Crippen LogP contribution in [0.25, 0.3) is 0 Å². The second-order valence-electron chi connectivity index (χ2n) is 7.60. The normalized spacial score (nSPS) is 26.4. The molecule has 1 aromatic carbocycles. The maximum absolute atomic E-state index is 12.7. The predicted molar refractivity (Wildman–Crippen MR) is 93.1 cm³/mol. The summed E-state index contributed by atoms with van der Waals surface area (Å²) in [5.74, 6) is 1.27. The summed E-state index contributed by atoms with van der Waals surface area (Å²) in [7, 11) is 0. The lowest BCUT2D eigenvalue weighted by Gasteiger charge is -2.36. The van der Waals surface area contributed by atoms with Crippen LogP contribution in [-0.2, 0) is 11.2 Å². The number of amides is 1. The molecule has 1 amide bonds. The molecule has 2 heterocycles. The molecule has 2 aliphatic heterocycles. The predicted octanol–water partition coefficient (Wildman–Crippen LogP) is 4.50. The van der Waals surface area contributed by atoms with Crippen molar-refractivity contribution in [2.75, 3.05) is 0 Å². The maximum Gasteiger partial charge on any atom is 0.223 e. The van der Waals surface area contributed by atoms with E-state index in [-0.39, 0.29) is 0 Å². The number of aryl methyl sites for hydroxylation is 1. The van der Waals surface area contributed by atoms with Crippen molar-refractivity contribution in [3.63, 3.8) is 0 Å². The van der Waals surface area contributed by atoms with Crippen molar-refractivity contribution >= 4 is 5.91 Å². The van der Waals surface area contributed by atoms with Crippen molar-refractivity contribution in [1.29, 1.82) is 0 Å². The fourth-order valence-corrected chi connectivity index (χ4v) is 4.41. The van der Waals surface area contributed by atoms with E-state index < -0.39 is 0 Å². The van der Waals surface area contributed by atoms with Crippen LogP contribution in [0.5, 0.6) is 0 Å². The number of hydrogen-bond donors (Lipinski definition) is 0. The Kier molecular flexibility index (Phi) is 4.24. The fourth-order valence-electron chi connectivity index (χ4n) is 4.41. The van der Waals surface area contributed by atoms with E-state index in [4.69, 9.17) is 0 Å². The summed E-state index contributed by atoms with van der Waals surface area (Å²) in [5.41, 5.74) is 2.99.